The van der Waals surface area contributed by atoms with Crippen molar-refractivity contribution in [1.29, 1.82) is 0 Å². The van der Waals surface area contributed by atoms with E-state index in [0.717, 1.165) is 15.6 Å². The Bertz CT molecular complexity index is 586. The molecule has 94 valence electrons. The number of hydrogen-bond donors (Lipinski definition) is 1. The monoisotopic (exact) mass is 363 g/mol. The summed E-state index contributed by atoms with van der Waals surface area (Å²) in [5.74, 6) is 0. The highest BCUT2D eigenvalue weighted by atomic mass is 79.9. The second-order valence-corrected chi connectivity index (χ2v) is 5.94. The molecule has 0 fully saturated rings. The fraction of sp³-hybridized carbons (Fsp3) is 0.0769. The third-order valence-electron chi connectivity index (χ3n) is 2.59. The Morgan fingerprint density at radius 1 is 0.889 bits per heavy atom. The molecule has 1 unspecified atom stereocenters. The summed E-state index contributed by atoms with van der Waals surface area (Å²) < 4.78 is 0.846. The molecule has 0 amide bonds. The van der Waals surface area contributed by atoms with Gasteiger partial charge in [-0.2, -0.15) is 0 Å². The van der Waals surface area contributed by atoms with E-state index in [0.29, 0.717) is 15.1 Å². The molecule has 18 heavy (non-hydrogen) atoms. The zero-order chi connectivity index (χ0) is 13.3. The average Bonchev–Trinajstić information content (AvgIpc) is 2.31. The van der Waals surface area contributed by atoms with Gasteiger partial charge in [-0.3, -0.25) is 0 Å². The maximum atomic E-state index is 6.22. The zero-order valence-electron chi connectivity index (χ0n) is 9.13. The van der Waals surface area contributed by atoms with Crippen LogP contribution in [0.1, 0.15) is 17.2 Å². The number of rotatable bonds is 2. The Labute approximate surface area is 129 Å². The fourth-order valence-electron chi connectivity index (χ4n) is 1.67. The van der Waals surface area contributed by atoms with Crippen molar-refractivity contribution in [3.8, 4) is 0 Å². The van der Waals surface area contributed by atoms with Crippen LogP contribution in [-0.4, -0.2) is 0 Å². The Morgan fingerprint density at radius 3 is 2.17 bits per heavy atom. The molecule has 2 N–H and O–H groups in total. The second-order valence-electron chi connectivity index (χ2n) is 3.81. The van der Waals surface area contributed by atoms with Crippen LogP contribution in [0.15, 0.2) is 40.9 Å². The van der Waals surface area contributed by atoms with Gasteiger partial charge in [0.1, 0.15) is 0 Å². The van der Waals surface area contributed by atoms with E-state index >= 15 is 0 Å². The van der Waals surface area contributed by atoms with Gasteiger partial charge < -0.3 is 5.73 Å². The molecule has 2 rings (SSSR count). The molecule has 0 heterocycles. The molecule has 2 aromatic carbocycles. The lowest BCUT2D eigenvalue weighted by Gasteiger charge is -2.16. The molecule has 0 aliphatic carbocycles. The van der Waals surface area contributed by atoms with E-state index in [2.05, 4.69) is 15.9 Å². The van der Waals surface area contributed by atoms with Crippen LogP contribution in [0.25, 0.3) is 0 Å². The van der Waals surface area contributed by atoms with Crippen LogP contribution in [0, 0.1) is 0 Å². The van der Waals surface area contributed by atoms with E-state index in [4.69, 9.17) is 40.5 Å². The lowest BCUT2D eigenvalue weighted by Crippen LogP contribution is -2.13. The van der Waals surface area contributed by atoms with Crippen LogP contribution in [0.2, 0.25) is 15.1 Å². The SMILES string of the molecule is NC(c1cc(Cl)ccc1Cl)c1ccc(Cl)cc1Br. The molecule has 1 nitrogen and oxygen atoms in total. The molecule has 0 bridgehead atoms. The summed E-state index contributed by atoms with van der Waals surface area (Å²) >= 11 is 21.5. The minimum atomic E-state index is -0.358. The van der Waals surface area contributed by atoms with Crippen LogP contribution in [0.5, 0.6) is 0 Å². The molecular formula is C13H9BrCl3N. The molecule has 0 aliphatic rings. The van der Waals surface area contributed by atoms with E-state index in [-0.39, 0.29) is 6.04 Å². The maximum absolute atomic E-state index is 6.22. The van der Waals surface area contributed by atoms with Gasteiger partial charge in [-0.05, 0) is 41.5 Å². The molecule has 5 heteroatoms. The van der Waals surface area contributed by atoms with Gasteiger partial charge in [-0.15, -0.1) is 0 Å². The predicted octanol–water partition coefficient (Wildman–Crippen LogP) is 5.46. The van der Waals surface area contributed by atoms with Crippen molar-refractivity contribution in [3.63, 3.8) is 0 Å². The highest BCUT2D eigenvalue weighted by molar-refractivity contribution is 9.10. The molecule has 0 saturated carbocycles. The molecule has 0 saturated heterocycles. The van der Waals surface area contributed by atoms with Crippen LogP contribution in [-0.2, 0) is 0 Å². The smallest absolute Gasteiger partial charge is 0.0578 e. The first-order valence-electron chi connectivity index (χ1n) is 5.14. The van der Waals surface area contributed by atoms with E-state index in [1.54, 1.807) is 30.3 Å². The normalized spacial score (nSPS) is 12.5. The van der Waals surface area contributed by atoms with Crippen LogP contribution >= 0.6 is 50.7 Å². The van der Waals surface area contributed by atoms with Gasteiger partial charge in [-0.1, -0.05) is 56.8 Å². The largest absolute Gasteiger partial charge is 0.320 e. The first-order chi connectivity index (χ1) is 8.49. The van der Waals surface area contributed by atoms with E-state index in [1.807, 2.05) is 6.07 Å². The molecule has 0 aliphatic heterocycles. The van der Waals surface area contributed by atoms with Crippen molar-refractivity contribution in [3.05, 3.63) is 67.1 Å². The number of hydrogen-bond acceptors (Lipinski definition) is 1. The first kappa shape index (κ1) is 14.2. The fourth-order valence-corrected chi connectivity index (χ4v) is 3.02. The van der Waals surface area contributed by atoms with Crippen molar-refractivity contribution in [1.82, 2.24) is 0 Å². The minimum absolute atomic E-state index is 0.358. The topological polar surface area (TPSA) is 26.0 Å². The van der Waals surface area contributed by atoms with Gasteiger partial charge in [0, 0.05) is 19.5 Å². The molecule has 2 aromatic rings. The van der Waals surface area contributed by atoms with Crippen LogP contribution in [0.4, 0.5) is 0 Å². The summed E-state index contributed by atoms with van der Waals surface area (Å²) in [6.45, 7) is 0. The summed E-state index contributed by atoms with van der Waals surface area (Å²) in [6.07, 6.45) is 0. The van der Waals surface area contributed by atoms with Gasteiger partial charge in [0.05, 0.1) is 6.04 Å². The van der Waals surface area contributed by atoms with Gasteiger partial charge in [-0.25, -0.2) is 0 Å². The summed E-state index contributed by atoms with van der Waals surface area (Å²) in [4.78, 5) is 0. The first-order valence-corrected chi connectivity index (χ1v) is 7.07. The lowest BCUT2D eigenvalue weighted by molar-refractivity contribution is 0.866. The Morgan fingerprint density at radius 2 is 1.50 bits per heavy atom. The quantitative estimate of drug-likeness (QED) is 0.752. The molecule has 1 atom stereocenters. The Kier molecular flexibility index (Phi) is 4.57. The van der Waals surface area contributed by atoms with E-state index < -0.39 is 0 Å². The minimum Gasteiger partial charge on any atom is -0.320 e. The number of benzene rings is 2. The standard InChI is InChI=1S/C13H9BrCl3N/c14-11-6-8(16)1-3-9(11)13(18)10-5-7(15)2-4-12(10)17/h1-6,13H,18H2. The highest BCUT2D eigenvalue weighted by Crippen LogP contribution is 2.33. The van der Waals surface area contributed by atoms with E-state index in [1.165, 1.54) is 0 Å². The van der Waals surface area contributed by atoms with E-state index in [9.17, 15) is 0 Å². The number of halogens is 4. The van der Waals surface area contributed by atoms with Gasteiger partial charge in [0.25, 0.3) is 0 Å². The Balaban J connectivity index is 2.47. The zero-order valence-corrected chi connectivity index (χ0v) is 13.0. The molecular weight excluding hydrogens is 356 g/mol. The third kappa shape index (κ3) is 3.01. The van der Waals surface area contributed by atoms with Gasteiger partial charge in [0.15, 0.2) is 0 Å². The summed E-state index contributed by atoms with van der Waals surface area (Å²) in [7, 11) is 0. The molecule has 0 radical (unpaired) electrons. The van der Waals surface area contributed by atoms with Gasteiger partial charge in [0.2, 0.25) is 0 Å². The average molecular weight is 365 g/mol. The summed E-state index contributed by atoms with van der Waals surface area (Å²) in [5.41, 5.74) is 7.91. The predicted molar refractivity (Wildman–Crippen MR) is 81.6 cm³/mol. The van der Waals surface area contributed by atoms with Crippen molar-refractivity contribution in [2.24, 2.45) is 5.73 Å². The van der Waals surface area contributed by atoms with Crippen LogP contribution < -0.4 is 5.73 Å². The van der Waals surface area contributed by atoms with Crippen LogP contribution in [0.3, 0.4) is 0 Å². The summed E-state index contributed by atoms with van der Waals surface area (Å²) in [5, 5.41) is 1.85. The molecule has 0 spiro atoms. The van der Waals surface area contributed by atoms with Crippen molar-refractivity contribution in [2.45, 2.75) is 6.04 Å². The lowest BCUT2D eigenvalue weighted by atomic mass is 10.00. The second kappa shape index (κ2) is 5.81. The summed E-state index contributed by atoms with van der Waals surface area (Å²) in [6, 6.07) is 10.3. The maximum Gasteiger partial charge on any atom is 0.0578 e. The van der Waals surface area contributed by atoms with Crippen molar-refractivity contribution in [2.75, 3.05) is 0 Å². The van der Waals surface area contributed by atoms with Gasteiger partial charge >= 0.3 is 0 Å². The Hall–Kier alpha value is -0.250. The van der Waals surface area contributed by atoms with Crippen molar-refractivity contribution < 1.29 is 0 Å². The third-order valence-corrected chi connectivity index (χ3v) is 4.09. The number of nitrogens with two attached hydrogens (primary N) is 1. The highest BCUT2D eigenvalue weighted by Gasteiger charge is 2.15. The molecule has 0 aromatic heterocycles. The van der Waals surface area contributed by atoms with Crippen molar-refractivity contribution >= 4 is 50.7 Å².